The van der Waals surface area contributed by atoms with Crippen LogP contribution in [0.2, 0.25) is 0 Å². The average Bonchev–Trinajstić information content (AvgIpc) is 2.38. The van der Waals surface area contributed by atoms with Crippen molar-refractivity contribution in [1.82, 2.24) is 0 Å². The minimum absolute atomic E-state index is 0.0536. The minimum Gasteiger partial charge on any atom is -0.392 e. The summed E-state index contributed by atoms with van der Waals surface area (Å²) >= 11 is 4.48. The molecule has 18 heavy (non-hydrogen) atoms. The second-order valence-electron chi connectivity index (χ2n) is 4.75. The van der Waals surface area contributed by atoms with Crippen molar-refractivity contribution < 1.29 is 5.11 Å². The largest absolute Gasteiger partial charge is 0.392 e. The van der Waals surface area contributed by atoms with Gasteiger partial charge >= 0.3 is 0 Å². The van der Waals surface area contributed by atoms with Gasteiger partial charge in [-0.1, -0.05) is 50.2 Å². The molecule has 0 unspecified atom stereocenters. The van der Waals surface area contributed by atoms with Gasteiger partial charge in [-0.3, -0.25) is 0 Å². The molecule has 0 aliphatic heterocycles. The molecule has 94 valence electrons. The first-order valence-corrected chi connectivity index (χ1v) is 6.60. The normalized spacial score (nSPS) is 10.9. The fourth-order valence-electron chi connectivity index (χ4n) is 2.07. The first-order chi connectivity index (χ1) is 8.63. The molecule has 0 atom stereocenters. The Hall–Kier alpha value is -1.25. The second-order valence-corrected chi connectivity index (χ2v) is 5.23. The lowest BCUT2D eigenvalue weighted by atomic mass is 9.94. The number of hydrogen-bond donors (Lipinski definition) is 2. The van der Waals surface area contributed by atoms with Crippen LogP contribution in [-0.4, -0.2) is 5.11 Å². The molecule has 0 heterocycles. The van der Waals surface area contributed by atoms with Crippen LogP contribution >= 0.6 is 12.6 Å². The molecule has 1 nitrogen and oxygen atoms in total. The monoisotopic (exact) mass is 258 g/mol. The molecule has 2 rings (SSSR count). The summed E-state index contributed by atoms with van der Waals surface area (Å²) in [6, 6.07) is 14.2. The van der Waals surface area contributed by atoms with Crippen LogP contribution in [0.1, 0.15) is 30.9 Å². The molecule has 2 aromatic carbocycles. The Kier molecular flexibility index (Phi) is 4.10. The van der Waals surface area contributed by atoms with E-state index in [4.69, 9.17) is 0 Å². The lowest BCUT2D eigenvalue weighted by molar-refractivity contribution is 0.282. The Morgan fingerprint density at radius 1 is 1.06 bits per heavy atom. The molecule has 0 radical (unpaired) electrons. The van der Waals surface area contributed by atoms with E-state index in [1.165, 1.54) is 5.56 Å². The van der Waals surface area contributed by atoms with Crippen molar-refractivity contribution in [2.75, 3.05) is 0 Å². The van der Waals surface area contributed by atoms with Crippen molar-refractivity contribution >= 4 is 12.6 Å². The lowest BCUT2D eigenvalue weighted by Gasteiger charge is -2.13. The third kappa shape index (κ3) is 2.60. The van der Waals surface area contributed by atoms with E-state index in [9.17, 15) is 5.11 Å². The highest BCUT2D eigenvalue weighted by atomic mass is 32.1. The molecule has 2 aromatic rings. The Labute approximate surface area is 114 Å². The molecule has 0 fully saturated rings. The molecule has 0 bridgehead atoms. The zero-order valence-corrected chi connectivity index (χ0v) is 11.6. The number of aliphatic hydroxyl groups excluding tert-OH is 1. The maximum Gasteiger partial charge on any atom is 0.0687 e. The van der Waals surface area contributed by atoms with Crippen LogP contribution in [0.5, 0.6) is 0 Å². The molecule has 0 amide bonds. The SMILES string of the molecule is CC(C)c1ccc(-c2ccccc2S)c(CO)c1. The van der Waals surface area contributed by atoms with Gasteiger partial charge in [-0.15, -0.1) is 12.6 Å². The van der Waals surface area contributed by atoms with E-state index in [1.807, 2.05) is 24.3 Å². The van der Waals surface area contributed by atoms with E-state index in [1.54, 1.807) is 0 Å². The summed E-state index contributed by atoms with van der Waals surface area (Å²) in [5, 5.41) is 9.55. The third-order valence-corrected chi connectivity index (χ3v) is 3.55. The predicted molar refractivity (Wildman–Crippen MR) is 79.1 cm³/mol. The van der Waals surface area contributed by atoms with Crippen LogP contribution in [0.15, 0.2) is 47.4 Å². The van der Waals surface area contributed by atoms with Crippen LogP contribution < -0.4 is 0 Å². The van der Waals surface area contributed by atoms with Crippen LogP contribution in [0.25, 0.3) is 11.1 Å². The van der Waals surface area contributed by atoms with Crippen LogP contribution in [0, 0.1) is 0 Å². The Bertz CT molecular complexity index is 547. The van der Waals surface area contributed by atoms with Crippen LogP contribution in [-0.2, 0) is 6.61 Å². The minimum atomic E-state index is 0.0536. The van der Waals surface area contributed by atoms with E-state index in [0.29, 0.717) is 5.92 Å². The fourth-order valence-corrected chi connectivity index (χ4v) is 2.35. The van der Waals surface area contributed by atoms with E-state index in [0.717, 1.165) is 21.6 Å². The standard InChI is InChI=1S/C16H18OS/c1-11(2)12-7-8-14(13(9-12)10-17)15-5-3-4-6-16(15)18/h3-9,11,17-18H,10H2,1-2H3. The highest BCUT2D eigenvalue weighted by molar-refractivity contribution is 7.80. The quantitative estimate of drug-likeness (QED) is 0.788. The van der Waals surface area contributed by atoms with Gasteiger partial charge < -0.3 is 5.11 Å². The van der Waals surface area contributed by atoms with Gasteiger partial charge in [-0.2, -0.15) is 0 Å². The topological polar surface area (TPSA) is 20.2 Å². The number of thiol groups is 1. The van der Waals surface area contributed by atoms with Gasteiger partial charge in [0.2, 0.25) is 0 Å². The molecule has 0 spiro atoms. The van der Waals surface area contributed by atoms with Gasteiger partial charge in [0.15, 0.2) is 0 Å². The first-order valence-electron chi connectivity index (χ1n) is 6.15. The summed E-state index contributed by atoms with van der Waals surface area (Å²) in [6.45, 7) is 4.36. The van der Waals surface area contributed by atoms with E-state index < -0.39 is 0 Å². The molecule has 2 heteroatoms. The summed E-state index contributed by atoms with van der Waals surface area (Å²) < 4.78 is 0. The second kappa shape index (κ2) is 5.59. The van der Waals surface area contributed by atoms with Crippen molar-refractivity contribution in [2.45, 2.75) is 31.3 Å². The summed E-state index contributed by atoms with van der Waals surface area (Å²) in [7, 11) is 0. The zero-order chi connectivity index (χ0) is 13.1. The van der Waals surface area contributed by atoms with Gasteiger partial charge in [-0.05, 0) is 34.2 Å². The van der Waals surface area contributed by atoms with Gasteiger partial charge in [0, 0.05) is 4.90 Å². The van der Waals surface area contributed by atoms with E-state index in [2.05, 4.69) is 44.7 Å². The van der Waals surface area contributed by atoms with Gasteiger partial charge in [0.25, 0.3) is 0 Å². The summed E-state index contributed by atoms with van der Waals surface area (Å²) in [5.41, 5.74) is 4.34. The molecule has 0 aliphatic rings. The van der Waals surface area contributed by atoms with Crippen molar-refractivity contribution in [1.29, 1.82) is 0 Å². The highest BCUT2D eigenvalue weighted by Crippen LogP contribution is 2.31. The highest BCUT2D eigenvalue weighted by Gasteiger charge is 2.09. The first kappa shape index (κ1) is 13.2. The number of hydrogen-bond acceptors (Lipinski definition) is 2. The number of benzene rings is 2. The summed E-state index contributed by atoms with van der Waals surface area (Å²) in [4.78, 5) is 0.935. The van der Waals surface area contributed by atoms with Crippen molar-refractivity contribution in [3.8, 4) is 11.1 Å². The summed E-state index contributed by atoms with van der Waals surface area (Å²) in [6.07, 6.45) is 0. The van der Waals surface area contributed by atoms with Crippen molar-refractivity contribution in [2.24, 2.45) is 0 Å². The molecular weight excluding hydrogens is 240 g/mol. The zero-order valence-electron chi connectivity index (χ0n) is 10.7. The van der Waals surface area contributed by atoms with Crippen LogP contribution in [0.3, 0.4) is 0 Å². The molecule has 1 N–H and O–H groups in total. The van der Waals surface area contributed by atoms with Crippen molar-refractivity contribution in [3.05, 3.63) is 53.6 Å². The van der Waals surface area contributed by atoms with Crippen molar-refractivity contribution in [3.63, 3.8) is 0 Å². The Morgan fingerprint density at radius 3 is 2.39 bits per heavy atom. The molecule has 0 saturated heterocycles. The molecule has 0 aromatic heterocycles. The number of rotatable bonds is 3. The maximum atomic E-state index is 9.55. The van der Waals surface area contributed by atoms with Crippen LogP contribution in [0.4, 0.5) is 0 Å². The van der Waals surface area contributed by atoms with E-state index in [-0.39, 0.29) is 6.61 Å². The molecular formula is C16H18OS. The van der Waals surface area contributed by atoms with Gasteiger partial charge in [-0.25, -0.2) is 0 Å². The Balaban J connectivity index is 2.55. The Morgan fingerprint density at radius 2 is 1.78 bits per heavy atom. The molecule has 0 aliphatic carbocycles. The van der Waals surface area contributed by atoms with E-state index >= 15 is 0 Å². The molecule has 0 saturated carbocycles. The van der Waals surface area contributed by atoms with Gasteiger partial charge in [0.05, 0.1) is 6.61 Å². The van der Waals surface area contributed by atoms with Gasteiger partial charge in [0.1, 0.15) is 0 Å². The maximum absolute atomic E-state index is 9.55. The summed E-state index contributed by atoms with van der Waals surface area (Å²) in [5.74, 6) is 0.468. The smallest absolute Gasteiger partial charge is 0.0687 e. The lowest BCUT2D eigenvalue weighted by Crippen LogP contribution is -1.95. The predicted octanol–water partition coefficient (Wildman–Crippen LogP) is 4.26. The third-order valence-electron chi connectivity index (χ3n) is 3.16. The fraction of sp³-hybridized carbons (Fsp3) is 0.250. The average molecular weight is 258 g/mol. The number of aliphatic hydroxyl groups is 1.